The zero-order chi connectivity index (χ0) is 9.42. The number of hydrogen-bond donors (Lipinski definition) is 1. The summed E-state index contributed by atoms with van der Waals surface area (Å²) < 4.78 is 0. The minimum atomic E-state index is -1.07. The number of carboxylic acids is 1. The van der Waals surface area contributed by atoms with Crippen molar-refractivity contribution in [2.75, 3.05) is 0 Å². The number of nitrogens with zero attached hydrogens (tertiary/aromatic N) is 2. The summed E-state index contributed by atoms with van der Waals surface area (Å²) in [6.45, 7) is 0. The number of aliphatic imine (C=N–C) groups is 2. The highest BCUT2D eigenvalue weighted by Crippen LogP contribution is 2.29. The van der Waals surface area contributed by atoms with E-state index in [1.54, 1.807) is 12.3 Å². The molecule has 0 aromatic heterocycles. The highest BCUT2D eigenvalue weighted by atomic mass is 35.5. The second-order valence-electron chi connectivity index (χ2n) is 2.60. The van der Waals surface area contributed by atoms with Gasteiger partial charge in [-0.1, -0.05) is 11.6 Å². The molecule has 1 N–H and O–H groups in total. The molecule has 0 amide bonds. The van der Waals surface area contributed by atoms with Crippen LogP contribution in [0.3, 0.4) is 0 Å². The van der Waals surface area contributed by atoms with Gasteiger partial charge in [-0.15, -0.1) is 0 Å². The molecule has 0 aromatic carbocycles. The molecule has 2 aliphatic rings. The van der Waals surface area contributed by atoms with Crippen molar-refractivity contribution in [1.29, 1.82) is 0 Å². The summed E-state index contributed by atoms with van der Waals surface area (Å²) >= 11 is 5.84. The number of aliphatic carboxylic acids is 1. The molecule has 2 heterocycles. The van der Waals surface area contributed by atoms with E-state index in [-0.39, 0.29) is 16.8 Å². The van der Waals surface area contributed by atoms with E-state index < -0.39 is 5.97 Å². The van der Waals surface area contributed by atoms with E-state index in [4.69, 9.17) is 16.7 Å². The second kappa shape index (κ2) is 2.81. The topological polar surface area (TPSA) is 62.0 Å². The normalized spacial score (nSPS) is 24.7. The first-order chi connectivity index (χ1) is 6.20. The fraction of sp³-hybridized carbons (Fsp3) is 0.125. The molecule has 5 heteroatoms. The average molecular weight is 197 g/mol. The van der Waals surface area contributed by atoms with Gasteiger partial charge in [0.25, 0.3) is 0 Å². The minimum Gasteiger partial charge on any atom is -0.478 e. The molecule has 0 aliphatic carbocycles. The molecule has 0 aromatic rings. The van der Waals surface area contributed by atoms with Crippen LogP contribution in [-0.2, 0) is 4.79 Å². The summed E-state index contributed by atoms with van der Waals surface area (Å²) in [5, 5.41) is 8.95. The molecule has 66 valence electrons. The Balaban J connectivity index is 2.47. The summed E-state index contributed by atoms with van der Waals surface area (Å²) in [4.78, 5) is 18.6. The maximum atomic E-state index is 10.7. The van der Waals surface area contributed by atoms with Crippen LogP contribution in [0, 0.1) is 0 Å². The van der Waals surface area contributed by atoms with Gasteiger partial charge in [-0.3, -0.25) is 9.98 Å². The van der Waals surface area contributed by atoms with E-state index in [9.17, 15) is 4.79 Å². The average Bonchev–Trinajstić information content (AvgIpc) is 2.52. The lowest BCUT2D eigenvalue weighted by molar-refractivity contribution is -0.132. The molecule has 0 unspecified atom stereocenters. The van der Waals surface area contributed by atoms with Crippen molar-refractivity contribution in [3.8, 4) is 0 Å². The predicted octanol–water partition coefficient (Wildman–Crippen LogP) is 0.985. The van der Waals surface area contributed by atoms with Gasteiger partial charge < -0.3 is 5.11 Å². The summed E-state index contributed by atoms with van der Waals surface area (Å²) in [5.41, 5.74) is 0.677. The zero-order valence-electron chi connectivity index (χ0n) is 6.44. The number of allylic oxidation sites excluding steroid dienone is 1. The van der Waals surface area contributed by atoms with Crippen LogP contribution in [0.5, 0.6) is 0 Å². The molecular formula is C8H5ClN2O2. The summed E-state index contributed by atoms with van der Waals surface area (Å²) in [7, 11) is 0. The third-order valence-electron chi connectivity index (χ3n) is 1.82. The maximum absolute atomic E-state index is 10.7. The van der Waals surface area contributed by atoms with Gasteiger partial charge in [-0.25, -0.2) is 4.79 Å². The highest BCUT2D eigenvalue weighted by Gasteiger charge is 2.26. The molecular weight excluding hydrogens is 192 g/mol. The molecule has 0 fully saturated rings. The Kier molecular flexibility index (Phi) is 1.77. The van der Waals surface area contributed by atoms with Gasteiger partial charge in [-0.05, 0) is 6.08 Å². The maximum Gasteiger partial charge on any atom is 0.338 e. The highest BCUT2D eigenvalue weighted by molar-refractivity contribution is 6.37. The van der Waals surface area contributed by atoms with Crippen molar-refractivity contribution in [3.05, 3.63) is 22.3 Å². The second-order valence-corrected chi connectivity index (χ2v) is 2.98. The monoisotopic (exact) mass is 196 g/mol. The molecule has 0 saturated heterocycles. The molecule has 0 bridgehead atoms. The quantitative estimate of drug-likeness (QED) is 0.680. The van der Waals surface area contributed by atoms with E-state index in [1.165, 1.54) is 6.21 Å². The van der Waals surface area contributed by atoms with E-state index >= 15 is 0 Å². The Bertz CT molecular complexity index is 393. The van der Waals surface area contributed by atoms with Crippen molar-refractivity contribution in [1.82, 2.24) is 0 Å². The van der Waals surface area contributed by atoms with Crippen LogP contribution >= 0.6 is 11.6 Å². The molecule has 2 aliphatic heterocycles. The minimum absolute atomic E-state index is 0.0228. The van der Waals surface area contributed by atoms with Crippen LogP contribution in [0.1, 0.15) is 0 Å². The first-order valence-corrected chi connectivity index (χ1v) is 3.98. The molecule has 4 nitrogen and oxygen atoms in total. The van der Waals surface area contributed by atoms with Crippen LogP contribution < -0.4 is 0 Å². The Morgan fingerprint density at radius 2 is 2.31 bits per heavy atom. The van der Waals surface area contributed by atoms with Crippen molar-refractivity contribution >= 4 is 30.0 Å². The number of fused-ring (bicyclic) bond motifs is 1. The lowest BCUT2D eigenvalue weighted by Gasteiger charge is -2.13. The van der Waals surface area contributed by atoms with Crippen LogP contribution in [0.15, 0.2) is 32.2 Å². The molecule has 0 radical (unpaired) electrons. The van der Waals surface area contributed by atoms with Gasteiger partial charge >= 0.3 is 5.97 Å². The predicted molar refractivity (Wildman–Crippen MR) is 49.4 cm³/mol. The van der Waals surface area contributed by atoms with Gasteiger partial charge in [0.1, 0.15) is 0 Å². The summed E-state index contributed by atoms with van der Waals surface area (Å²) in [6, 6.07) is 0. The third kappa shape index (κ3) is 1.19. The summed E-state index contributed by atoms with van der Waals surface area (Å²) in [5.74, 6) is -1.07. The Labute approximate surface area is 79.0 Å². The molecule has 0 saturated carbocycles. The van der Waals surface area contributed by atoms with Crippen molar-refractivity contribution in [2.24, 2.45) is 9.98 Å². The van der Waals surface area contributed by atoms with E-state index in [2.05, 4.69) is 9.98 Å². The smallest absolute Gasteiger partial charge is 0.338 e. The van der Waals surface area contributed by atoms with Gasteiger partial charge in [0, 0.05) is 18.0 Å². The van der Waals surface area contributed by atoms with Gasteiger partial charge in [0.05, 0.1) is 10.6 Å². The Morgan fingerprint density at radius 3 is 3.00 bits per heavy atom. The van der Waals surface area contributed by atoms with E-state index in [1.807, 2.05) is 0 Å². The number of dihydropyridines is 1. The summed E-state index contributed by atoms with van der Waals surface area (Å²) in [6.07, 6.45) is 4.15. The fourth-order valence-electron chi connectivity index (χ4n) is 1.18. The van der Waals surface area contributed by atoms with Gasteiger partial charge in [0.15, 0.2) is 6.17 Å². The largest absolute Gasteiger partial charge is 0.478 e. The number of halogens is 1. The molecule has 2 rings (SSSR count). The number of carbonyl (C=O) groups is 1. The van der Waals surface area contributed by atoms with Crippen LogP contribution in [-0.4, -0.2) is 29.7 Å². The van der Waals surface area contributed by atoms with Crippen molar-refractivity contribution in [2.45, 2.75) is 6.17 Å². The lowest BCUT2D eigenvalue weighted by atomic mass is 10.1. The number of hydrogen-bond acceptors (Lipinski definition) is 3. The number of carboxylic acid groups (broad SMARTS) is 1. The van der Waals surface area contributed by atoms with Crippen LogP contribution in [0.4, 0.5) is 0 Å². The SMILES string of the molecule is O=C(O)C1=C(Cl)C2=CC=N[C@H]2N=C1. The molecule has 0 spiro atoms. The first kappa shape index (κ1) is 8.19. The Morgan fingerprint density at radius 1 is 1.54 bits per heavy atom. The van der Waals surface area contributed by atoms with Gasteiger partial charge in [0.2, 0.25) is 0 Å². The van der Waals surface area contributed by atoms with Crippen LogP contribution in [0.25, 0.3) is 0 Å². The Hall–Kier alpha value is -1.42. The molecule has 13 heavy (non-hydrogen) atoms. The van der Waals surface area contributed by atoms with Crippen molar-refractivity contribution < 1.29 is 9.90 Å². The van der Waals surface area contributed by atoms with E-state index in [0.29, 0.717) is 5.57 Å². The zero-order valence-corrected chi connectivity index (χ0v) is 7.19. The van der Waals surface area contributed by atoms with Crippen molar-refractivity contribution in [3.63, 3.8) is 0 Å². The standard InChI is InChI=1S/C8H5ClN2O2/c9-6-4-1-2-10-7(4)11-3-5(6)8(12)13/h1-3,7H,(H,12,13)/t7-/m0/s1. The third-order valence-corrected chi connectivity index (χ3v) is 2.25. The number of rotatable bonds is 1. The lowest BCUT2D eigenvalue weighted by Crippen LogP contribution is -2.15. The molecule has 1 atom stereocenters. The first-order valence-electron chi connectivity index (χ1n) is 3.60. The van der Waals surface area contributed by atoms with Gasteiger partial charge in [-0.2, -0.15) is 0 Å². The van der Waals surface area contributed by atoms with E-state index in [0.717, 1.165) is 0 Å². The van der Waals surface area contributed by atoms with Crippen LogP contribution in [0.2, 0.25) is 0 Å². The fourth-order valence-corrected chi connectivity index (χ4v) is 1.47.